The zero-order valence-corrected chi connectivity index (χ0v) is 17.4. The second-order valence-corrected chi connectivity index (χ2v) is 6.93. The molecule has 1 aliphatic carbocycles. The summed E-state index contributed by atoms with van der Waals surface area (Å²) in [4.78, 5) is 12.3. The minimum Gasteiger partial charge on any atom is -0.423 e. The van der Waals surface area contributed by atoms with Gasteiger partial charge in [-0.15, -0.1) is 0 Å². The molecule has 0 saturated heterocycles. The number of carbonyl (C=O) groups excluding carboxylic acids is 1. The number of allylic oxidation sites excluding steroid dienone is 3. The zero-order chi connectivity index (χ0) is 19.1. The van der Waals surface area contributed by atoms with Crippen LogP contribution in [0.25, 0.3) is 11.1 Å². The van der Waals surface area contributed by atoms with Gasteiger partial charge in [-0.05, 0) is 56.0 Å². The molecule has 0 fully saturated rings. The van der Waals surface area contributed by atoms with Crippen molar-refractivity contribution in [2.75, 3.05) is 0 Å². The molecule has 0 unspecified atom stereocenters. The molecule has 3 rings (SSSR count). The Morgan fingerprint density at radius 3 is 1.96 bits per heavy atom. The lowest BCUT2D eigenvalue weighted by molar-refractivity contribution is -0.130. The number of carbonyl (C=O) groups is 1. The molecule has 2 nitrogen and oxygen atoms in total. The van der Waals surface area contributed by atoms with Gasteiger partial charge in [-0.2, -0.15) is 0 Å². The van der Waals surface area contributed by atoms with Crippen LogP contribution in [0.4, 0.5) is 0 Å². The van der Waals surface area contributed by atoms with Crippen LogP contribution in [0.1, 0.15) is 39.2 Å². The van der Waals surface area contributed by atoms with E-state index in [9.17, 15) is 4.79 Å². The lowest BCUT2D eigenvalue weighted by Crippen LogP contribution is -2.13. The molecule has 136 valence electrons. The number of benzene rings is 2. The van der Waals surface area contributed by atoms with Crippen LogP contribution in [0.5, 0.6) is 5.75 Å². The van der Waals surface area contributed by atoms with E-state index < -0.39 is 0 Å². The maximum atomic E-state index is 12.3. The quantitative estimate of drug-likeness (QED) is 0.401. The molecule has 0 spiro atoms. The van der Waals surface area contributed by atoms with Gasteiger partial charge in [-0.3, -0.25) is 0 Å². The van der Waals surface area contributed by atoms with Crippen molar-refractivity contribution in [1.29, 1.82) is 0 Å². The number of hydrogen-bond acceptors (Lipinski definition) is 2. The van der Waals surface area contributed by atoms with Crippen molar-refractivity contribution in [3.05, 3.63) is 75.8 Å². The van der Waals surface area contributed by atoms with Crippen LogP contribution in [0, 0.1) is 6.92 Å². The number of hydrogen-bond donors (Lipinski definition) is 0. The van der Waals surface area contributed by atoms with E-state index in [4.69, 9.17) is 4.74 Å². The highest BCUT2D eigenvalue weighted by atomic mass is 79.9. The predicted octanol–water partition coefficient (Wildman–Crippen LogP) is 6.98. The molecular formula is C23H25BrO2. The van der Waals surface area contributed by atoms with E-state index in [2.05, 4.69) is 54.0 Å². The Labute approximate surface area is 164 Å². The molecule has 0 bridgehead atoms. The van der Waals surface area contributed by atoms with E-state index in [0.717, 1.165) is 28.5 Å². The summed E-state index contributed by atoms with van der Waals surface area (Å²) in [5, 5.41) is 0. The standard InChI is InChI=1S/C21H19BrO2.C2H6/c1-14-3-6-16(7-4-14)17-9-11-19(12-10-17)24-21(23)18-8-5-15(2)20(22)13-18;1-2/h3-4,6-7,9-13H,5,8H2,1-2H3;1-2H3. The van der Waals surface area contributed by atoms with Crippen molar-refractivity contribution < 1.29 is 9.53 Å². The lowest BCUT2D eigenvalue weighted by atomic mass is 10.00. The van der Waals surface area contributed by atoms with Gasteiger partial charge in [0.2, 0.25) is 0 Å². The third-order valence-electron chi connectivity index (χ3n) is 4.19. The molecule has 0 N–H and O–H groups in total. The molecule has 0 amide bonds. The second-order valence-electron chi connectivity index (χ2n) is 6.08. The van der Waals surface area contributed by atoms with Crippen molar-refractivity contribution in [1.82, 2.24) is 0 Å². The largest absolute Gasteiger partial charge is 0.423 e. The Hall–Kier alpha value is -2.13. The van der Waals surface area contributed by atoms with Crippen LogP contribution in [-0.4, -0.2) is 5.97 Å². The van der Waals surface area contributed by atoms with Gasteiger partial charge in [0.1, 0.15) is 5.75 Å². The summed E-state index contributed by atoms with van der Waals surface area (Å²) in [6.07, 6.45) is 3.47. The molecule has 0 aromatic heterocycles. The molecular weight excluding hydrogens is 388 g/mol. The normalized spacial score (nSPS) is 13.5. The van der Waals surface area contributed by atoms with Crippen LogP contribution >= 0.6 is 15.9 Å². The van der Waals surface area contributed by atoms with E-state index in [1.165, 1.54) is 11.1 Å². The molecule has 0 aliphatic heterocycles. The average molecular weight is 413 g/mol. The van der Waals surface area contributed by atoms with Crippen molar-refractivity contribution in [2.24, 2.45) is 0 Å². The molecule has 0 atom stereocenters. The highest BCUT2D eigenvalue weighted by Crippen LogP contribution is 2.29. The SMILES string of the molecule is CC.CC1=C(Br)C=C(C(=O)Oc2ccc(-c3ccc(C)cc3)cc2)CC1. The number of ether oxygens (including phenoxy) is 1. The number of esters is 1. The van der Waals surface area contributed by atoms with Gasteiger partial charge in [0, 0.05) is 10.1 Å². The lowest BCUT2D eigenvalue weighted by Gasteiger charge is -2.14. The summed E-state index contributed by atoms with van der Waals surface area (Å²) in [6, 6.07) is 16.0. The summed E-state index contributed by atoms with van der Waals surface area (Å²) in [5.74, 6) is 0.293. The summed E-state index contributed by atoms with van der Waals surface area (Å²) in [5.41, 5.74) is 5.45. The first-order chi connectivity index (χ1) is 12.5. The molecule has 26 heavy (non-hydrogen) atoms. The fourth-order valence-corrected chi connectivity index (χ4v) is 3.06. The third kappa shape index (κ3) is 5.18. The smallest absolute Gasteiger partial charge is 0.339 e. The highest BCUT2D eigenvalue weighted by Gasteiger charge is 2.17. The van der Waals surface area contributed by atoms with Crippen molar-refractivity contribution in [3.63, 3.8) is 0 Å². The molecule has 1 aliphatic rings. The van der Waals surface area contributed by atoms with Gasteiger partial charge in [0.05, 0.1) is 0 Å². The van der Waals surface area contributed by atoms with Gasteiger partial charge in [-0.1, -0.05) is 77.3 Å². The maximum Gasteiger partial charge on any atom is 0.339 e. The maximum absolute atomic E-state index is 12.3. The van der Waals surface area contributed by atoms with E-state index in [-0.39, 0.29) is 5.97 Å². The highest BCUT2D eigenvalue weighted by molar-refractivity contribution is 9.11. The van der Waals surface area contributed by atoms with E-state index in [0.29, 0.717) is 11.3 Å². The first-order valence-electron chi connectivity index (χ1n) is 8.98. The number of aryl methyl sites for hydroxylation is 1. The van der Waals surface area contributed by atoms with Crippen molar-refractivity contribution in [3.8, 4) is 16.9 Å². The summed E-state index contributed by atoms with van der Waals surface area (Å²) >= 11 is 3.48. The Kier molecular flexibility index (Phi) is 7.40. The molecule has 2 aromatic carbocycles. The summed E-state index contributed by atoms with van der Waals surface area (Å²) in [6.45, 7) is 8.13. The topological polar surface area (TPSA) is 26.3 Å². The van der Waals surface area contributed by atoms with Gasteiger partial charge >= 0.3 is 5.97 Å². The number of halogens is 1. The Balaban J connectivity index is 0.00000117. The Bertz CT molecular complexity index is 812. The van der Waals surface area contributed by atoms with Gasteiger partial charge < -0.3 is 4.74 Å². The third-order valence-corrected chi connectivity index (χ3v) is 5.10. The number of rotatable bonds is 3. The van der Waals surface area contributed by atoms with Crippen molar-refractivity contribution in [2.45, 2.75) is 40.5 Å². The average Bonchev–Trinajstić information content (AvgIpc) is 2.67. The van der Waals surface area contributed by atoms with E-state index in [1.807, 2.05) is 44.2 Å². The minimum atomic E-state index is -0.275. The molecule has 0 radical (unpaired) electrons. The van der Waals surface area contributed by atoms with Crippen LogP contribution in [0.2, 0.25) is 0 Å². The molecule has 2 aromatic rings. The first-order valence-corrected chi connectivity index (χ1v) is 9.77. The van der Waals surface area contributed by atoms with Crippen molar-refractivity contribution >= 4 is 21.9 Å². The van der Waals surface area contributed by atoms with E-state index >= 15 is 0 Å². The van der Waals surface area contributed by atoms with Crippen LogP contribution in [0.15, 0.2) is 70.2 Å². The Morgan fingerprint density at radius 2 is 1.42 bits per heavy atom. The van der Waals surface area contributed by atoms with E-state index in [1.54, 1.807) is 0 Å². The molecule has 3 heteroatoms. The minimum absolute atomic E-state index is 0.275. The fourth-order valence-electron chi connectivity index (χ4n) is 2.58. The van der Waals surface area contributed by atoms with Crippen LogP contribution in [0.3, 0.4) is 0 Å². The zero-order valence-electron chi connectivity index (χ0n) is 15.8. The molecule has 0 saturated carbocycles. The summed E-state index contributed by atoms with van der Waals surface area (Å²) in [7, 11) is 0. The second kappa shape index (κ2) is 9.54. The summed E-state index contributed by atoms with van der Waals surface area (Å²) < 4.78 is 6.48. The van der Waals surface area contributed by atoms with Crippen LogP contribution in [-0.2, 0) is 4.79 Å². The van der Waals surface area contributed by atoms with Crippen LogP contribution < -0.4 is 4.74 Å². The van der Waals surface area contributed by atoms with Gasteiger partial charge in [0.25, 0.3) is 0 Å². The Morgan fingerprint density at radius 1 is 0.885 bits per heavy atom. The predicted molar refractivity (Wildman–Crippen MR) is 113 cm³/mol. The molecule has 0 heterocycles. The van der Waals surface area contributed by atoms with Gasteiger partial charge in [0.15, 0.2) is 0 Å². The monoisotopic (exact) mass is 412 g/mol. The first kappa shape index (κ1) is 20.2. The fraction of sp³-hybridized carbons (Fsp3) is 0.261. The van der Waals surface area contributed by atoms with Gasteiger partial charge in [-0.25, -0.2) is 4.79 Å².